The Morgan fingerprint density at radius 1 is 1.25 bits per heavy atom. The van der Waals surface area contributed by atoms with Crippen molar-refractivity contribution >= 4 is 0 Å². The Balaban J connectivity index is 1.82. The Morgan fingerprint density at radius 2 is 2.00 bits per heavy atom. The van der Waals surface area contributed by atoms with Crippen LogP contribution in [0.4, 0.5) is 0 Å². The lowest BCUT2D eigenvalue weighted by Crippen LogP contribution is -2.66. The molecule has 0 atom stereocenters. The lowest BCUT2D eigenvalue weighted by Gasteiger charge is -2.51. The molecule has 1 saturated heterocycles. The number of aromatic hydroxyl groups is 1. The van der Waals surface area contributed by atoms with Crippen molar-refractivity contribution in [2.45, 2.75) is 57.2 Å². The summed E-state index contributed by atoms with van der Waals surface area (Å²) in [6.07, 6.45) is 5.29. The van der Waals surface area contributed by atoms with Crippen molar-refractivity contribution in [1.82, 2.24) is 10.2 Å². The zero-order chi connectivity index (χ0) is 14.2. The van der Waals surface area contributed by atoms with E-state index < -0.39 is 0 Å². The van der Waals surface area contributed by atoms with Crippen molar-refractivity contribution in [3.05, 3.63) is 29.8 Å². The predicted molar refractivity (Wildman–Crippen MR) is 81.8 cm³/mol. The highest BCUT2D eigenvalue weighted by atomic mass is 16.3. The molecule has 1 saturated carbocycles. The highest BCUT2D eigenvalue weighted by Gasteiger charge is 2.45. The summed E-state index contributed by atoms with van der Waals surface area (Å²) in [5, 5.41) is 13.4. The van der Waals surface area contributed by atoms with Crippen molar-refractivity contribution in [1.29, 1.82) is 0 Å². The van der Waals surface area contributed by atoms with E-state index in [-0.39, 0.29) is 5.54 Å². The molecule has 2 fully saturated rings. The van der Waals surface area contributed by atoms with E-state index in [1.54, 1.807) is 6.07 Å². The number of nitrogens with one attached hydrogen (secondary N) is 1. The summed E-state index contributed by atoms with van der Waals surface area (Å²) in [4.78, 5) is 2.66. The number of benzene rings is 1. The van der Waals surface area contributed by atoms with E-state index >= 15 is 0 Å². The number of rotatable bonds is 2. The molecule has 20 heavy (non-hydrogen) atoms. The normalized spacial score (nSPS) is 25.1. The van der Waals surface area contributed by atoms with E-state index in [1.165, 1.54) is 31.2 Å². The smallest absolute Gasteiger partial charge is 0.115 e. The summed E-state index contributed by atoms with van der Waals surface area (Å²) >= 11 is 0. The molecule has 1 aliphatic carbocycles. The predicted octanol–water partition coefficient (Wildman–Crippen LogP) is 2.89. The molecule has 3 heteroatoms. The van der Waals surface area contributed by atoms with Gasteiger partial charge in [0.2, 0.25) is 0 Å². The number of hydrogen-bond donors (Lipinski definition) is 2. The average molecular weight is 274 g/mol. The molecule has 2 N–H and O–H groups in total. The number of hydrogen-bond acceptors (Lipinski definition) is 3. The molecule has 3 nitrogen and oxygen atoms in total. The maximum absolute atomic E-state index is 9.67. The van der Waals surface area contributed by atoms with E-state index in [9.17, 15) is 5.11 Å². The van der Waals surface area contributed by atoms with Crippen LogP contribution in [0, 0.1) is 0 Å². The lowest BCUT2D eigenvalue weighted by molar-refractivity contribution is 0.0121. The Labute approximate surface area is 122 Å². The van der Waals surface area contributed by atoms with Crippen LogP contribution in [0.15, 0.2) is 24.3 Å². The van der Waals surface area contributed by atoms with Gasteiger partial charge in [0, 0.05) is 30.7 Å². The molecule has 2 aliphatic rings. The minimum absolute atomic E-state index is 0.171. The van der Waals surface area contributed by atoms with Crippen LogP contribution in [0.25, 0.3) is 0 Å². The molecular formula is C17H26N2O. The van der Waals surface area contributed by atoms with Crippen LogP contribution in [0.3, 0.4) is 0 Å². The second kappa shape index (κ2) is 5.05. The van der Waals surface area contributed by atoms with Crippen LogP contribution >= 0.6 is 0 Å². The second-order valence-electron chi connectivity index (χ2n) is 7.19. The zero-order valence-electron chi connectivity index (χ0n) is 12.7. The first-order chi connectivity index (χ1) is 9.49. The van der Waals surface area contributed by atoms with Gasteiger partial charge in [-0.25, -0.2) is 0 Å². The fraction of sp³-hybridized carbons (Fsp3) is 0.647. The van der Waals surface area contributed by atoms with Crippen LogP contribution in [0.2, 0.25) is 0 Å². The van der Waals surface area contributed by atoms with Crippen LogP contribution in [-0.2, 0) is 6.54 Å². The van der Waals surface area contributed by atoms with E-state index in [2.05, 4.69) is 30.1 Å². The van der Waals surface area contributed by atoms with E-state index in [0.717, 1.165) is 19.6 Å². The van der Waals surface area contributed by atoms with Gasteiger partial charge in [-0.05, 0) is 44.4 Å². The summed E-state index contributed by atoms with van der Waals surface area (Å²) in [7, 11) is 0. The second-order valence-corrected chi connectivity index (χ2v) is 7.19. The standard InChI is InChI=1S/C17H26N2O/c1-16(2)13-19(11-14-6-5-7-15(20)10-14)17(12-18-16)8-3-4-9-17/h5-7,10,18,20H,3-4,8-9,11-13H2,1-2H3. The molecular weight excluding hydrogens is 248 g/mol. The van der Waals surface area contributed by atoms with Crippen LogP contribution in [0.5, 0.6) is 5.75 Å². The van der Waals surface area contributed by atoms with Gasteiger partial charge in [-0.3, -0.25) is 4.90 Å². The van der Waals surface area contributed by atoms with E-state index in [1.807, 2.05) is 12.1 Å². The summed E-state index contributed by atoms with van der Waals surface area (Å²) in [6, 6.07) is 7.71. The van der Waals surface area contributed by atoms with E-state index in [0.29, 0.717) is 11.3 Å². The molecule has 0 bridgehead atoms. The van der Waals surface area contributed by atoms with Gasteiger partial charge in [0.1, 0.15) is 5.75 Å². The van der Waals surface area contributed by atoms with Gasteiger partial charge in [-0.15, -0.1) is 0 Å². The highest BCUT2D eigenvalue weighted by molar-refractivity contribution is 5.27. The number of nitrogens with zero attached hydrogens (tertiary/aromatic N) is 1. The van der Waals surface area contributed by atoms with E-state index in [4.69, 9.17) is 0 Å². The third kappa shape index (κ3) is 2.70. The topological polar surface area (TPSA) is 35.5 Å². The number of phenols is 1. The van der Waals surface area contributed by atoms with Gasteiger partial charge in [-0.2, -0.15) is 0 Å². The molecule has 0 radical (unpaired) electrons. The Bertz CT molecular complexity index is 478. The maximum atomic E-state index is 9.67. The molecule has 110 valence electrons. The molecule has 0 unspecified atom stereocenters. The Hall–Kier alpha value is -1.06. The van der Waals surface area contributed by atoms with Crippen LogP contribution < -0.4 is 5.32 Å². The monoisotopic (exact) mass is 274 g/mol. The van der Waals surface area contributed by atoms with Crippen molar-refractivity contribution in [2.75, 3.05) is 13.1 Å². The summed E-state index contributed by atoms with van der Waals surface area (Å²) in [6.45, 7) is 7.68. The van der Waals surface area contributed by atoms with Crippen LogP contribution in [0.1, 0.15) is 45.1 Å². The first kappa shape index (κ1) is 13.9. The van der Waals surface area contributed by atoms with Crippen molar-refractivity contribution in [2.24, 2.45) is 0 Å². The maximum Gasteiger partial charge on any atom is 0.115 e. The van der Waals surface area contributed by atoms with Crippen molar-refractivity contribution in [3.63, 3.8) is 0 Å². The number of phenolic OH excluding ortho intramolecular Hbond substituents is 1. The SMILES string of the molecule is CC1(C)CN(Cc2cccc(O)c2)C2(CCCC2)CN1. The van der Waals surface area contributed by atoms with Gasteiger partial charge < -0.3 is 10.4 Å². The summed E-state index contributed by atoms with van der Waals surface area (Å²) < 4.78 is 0. The minimum atomic E-state index is 0.171. The van der Waals surface area contributed by atoms with Crippen LogP contribution in [-0.4, -0.2) is 34.2 Å². The Morgan fingerprint density at radius 3 is 2.70 bits per heavy atom. The fourth-order valence-electron chi connectivity index (χ4n) is 3.84. The average Bonchev–Trinajstić information content (AvgIpc) is 2.84. The fourth-order valence-corrected chi connectivity index (χ4v) is 3.84. The van der Waals surface area contributed by atoms with Gasteiger partial charge in [-0.1, -0.05) is 25.0 Å². The highest BCUT2D eigenvalue weighted by Crippen LogP contribution is 2.39. The largest absolute Gasteiger partial charge is 0.508 e. The van der Waals surface area contributed by atoms with Gasteiger partial charge in [0.05, 0.1) is 0 Å². The molecule has 0 amide bonds. The first-order valence-corrected chi connectivity index (χ1v) is 7.77. The molecule has 1 aliphatic heterocycles. The van der Waals surface area contributed by atoms with Gasteiger partial charge >= 0.3 is 0 Å². The molecule has 1 aromatic rings. The summed E-state index contributed by atoms with van der Waals surface area (Å²) in [5.41, 5.74) is 1.72. The third-order valence-electron chi connectivity index (χ3n) is 4.97. The first-order valence-electron chi connectivity index (χ1n) is 7.77. The lowest BCUT2D eigenvalue weighted by atomic mass is 9.86. The zero-order valence-corrected chi connectivity index (χ0v) is 12.7. The van der Waals surface area contributed by atoms with Gasteiger partial charge in [0.25, 0.3) is 0 Å². The minimum Gasteiger partial charge on any atom is -0.508 e. The molecule has 3 rings (SSSR count). The van der Waals surface area contributed by atoms with Crippen molar-refractivity contribution < 1.29 is 5.11 Å². The molecule has 1 spiro atoms. The van der Waals surface area contributed by atoms with Crippen molar-refractivity contribution in [3.8, 4) is 5.75 Å². The Kier molecular flexibility index (Phi) is 3.51. The number of piperazine rings is 1. The molecule has 1 aromatic carbocycles. The molecule has 0 aromatic heterocycles. The summed E-state index contributed by atoms with van der Waals surface area (Å²) in [5.74, 6) is 0.373. The quantitative estimate of drug-likeness (QED) is 0.870. The third-order valence-corrected chi connectivity index (χ3v) is 4.97. The molecule has 1 heterocycles. The van der Waals surface area contributed by atoms with Gasteiger partial charge in [0.15, 0.2) is 0 Å².